The number of ketones is 2. The normalized spacial score (nSPS) is 10.4. The quantitative estimate of drug-likeness (QED) is 0.738. The molecule has 17 heavy (non-hydrogen) atoms. The Labute approximate surface area is 108 Å². The molecule has 0 bridgehead atoms. The van der Waals surface area contributed by atoms with E-state index in [0.29, 0.717) is 19.3 Å². The van der Waals surface area contributed by atoms with E-state index in [1.807, 2.05) is 35.0 Å². The van der Waals surface area contributed by atoms with Gasteiger partial charge in [0.1, 0.15) is 0 Å². The van der Waals surface area contributed by atoms with Crippen LogP contribution in [-0.4, -0.2) is 11.6 Å². The van der Waals surface area contributed by atoms with Crippen LogP contribution in [0.25, 0.3) is 0 Å². The van der Waals surface area contributed by atoms with Crippen LogP contribution >= 0.6 is 22.7 Å². The third-order valence-electron chi connectivity index (χ3n) is 2.40. The van der Waals surface area contributed by atoms with Crippen LogP contribution in [-0.2, 0) is 0 Å². The molecule has 0 unspecified atom stereocenters. The smallest absolute Gasteiger partial charge is 0.172 e. The van der Waals surface area contributed by atoms with Crippen molar-refractivity contribution in [2.45, 2.75) is 19.3 Å². The lowest BCUT2D eigenvalue weighted by molar-refractivity contribution is 0.0961. The van der Waals surface area contributed by atoms with E-state index in [-0.39, 0.29) is 11.6 Å². The Morgan fingerprint density at radius 1 is 0.882 bits per heavy atom. The van der Waals surface area contributed by atoms with Crippen molar-refractivity contribution in [3.63, 3.8) is 0 Å². The van der Waals surface area contributed by atoms with Gasteiger partial charge in [-0.05, 0) is 29.3 Å². The van der Waals surface area contributed by atoms with Crippen molar-refractivity contribution in [1.29, 1.82) is 0 Å². The van der Waals surface area contributed by atoms with E-state index in [1.54, 1.807) is 0 Å². The molecule has 2 rings (SSSR count). The van der Waals surface area contributed by atoms with Crippen LogP contribution < -0.4 is 0 Å². The predicted molar refractivity (Wildman–Crippen MR) is 71.2 cm³/mol. The first-order valence-electron chi connectivity index (χ1n) is 5.41. The summed E-state index contributed by atoms with van der Waals surface area (Å²) in [6.45, 7) is 0. The molecule has 0 amide bonds. The highest BCUT2D eigenvalue weighted by molar-refractivity contribution is 7.12. The molecule has 2 nitrogen and oxygen atoms in total. The van der Waals surface area contributed by atoms with Gasteiger partial charge in [-0.25, -0.2) is 0 Å². The predicted octanol–water partition coefficient (Wildman–Crippen LogP) is 4.05. The Morgan fingerprint density at radius 3 is 1.71 bits per heavy atom. The summed E-state index contributed by atoms with van der Waals surface area (Å²) in [6, 6.07) is 7.39. The van der Waals surface area contributed by atoms with Crippen molar-refractivity contribution in [2.75, 3.05) is 0 Å². The Hall–Kier alpha value is -1.26. The fourth-order valence-corrected chi connectivity index (χ4v) is 2.92. The summed E-state index contributed by atoms with van der Waals surface area (Å²) in [5.74, 6) is 0.276. The van der Waals surface area contributed by atoms with Crippen LogP contribution in [0.1, 0.15) is 38.6 Å². The van der Waals surface area contributed by atoms with Crippen molar-refractivity contribution >= 4 is 34.2 Å². The molecule has 0 saturated heterocycles. The van der Waals surface area contributed by atoms with Crippen molar-refractivity contribution in [2.24, 2.45) is 0 Å². The topological polar surface area (TPSA) is 34.1 Å². The van der Waals surface area contributed by atoms with Gasteiger partial charge in [0.15, 0.2) is 11.6 Å². The lowest BCUT2D eigenvalue weighted by Gasteiger charge is -1.98. The van der Waals surface area contributed by atoms with Crippen molar-refractivity contribution in [1.82, 2.24) is 0 Å². The molecular weight excluding hydrogens is 252 g/mol. The molecule has 0 aliphatic rings. The van der Waals surface area contributed by atoms with Gasteiger partial charge in [0, 0.05) is 12.8 Å². The van der Waals surface area contributed by atoms with Crippen molar-refractivity contribution < 1.29 is 9.59 Å². The maximum absolute atomic E-state index is 11.7. The average molecular weight is 264 g/mol. The summed E-state index contributed by atoms with van der Waals surface area (Å²) in [5.41, 5.74) is 0. The van der Waals surface area contributed by atoms with Crippen LogP contribution in [0.3, 0.4) is 0 Å². The van der Waals surface area contributed by atoms with Gasteiger partial charge >= 0.3 is 0 Å². The third-order valence-corrected chi connectivity index (χ3v) is 4.22. The van der Waals surface area contributed by atoms with E-state index in [9.17, 15) is 9.59 Å². The van der Waals surface area contributed by atoms with E-state index < -0.39 is 0 Å². The highest BCUT2D eigenvalue weighted by atomic mass is 32.1. The molecule has 0 spiro atoms. The van der Waals surface area contributed by atoms with Gasteiger partial charge in [0.05, 0.1) is 9.75 Å². The molecule has 2 heterocycles. The highest BCUT2D eigenvalue weighted by Crippen LogP contribution is 2.16. The molecule has 0 N–H and O–H groups in total. The van der Waals surface area contributed by atoms with Crippen LogP contribution in [0.15, 0.2) is 35.0 Å². The molecule has 0 aliphatic carbocycles. The molecule has 88 valence electrons. The number of carbonyl (C=O) groups excluding carboxylic acids is 2. The third kappa shape index (κ3) is 3.35. The number of Topliss-reactive ketones (excluding diaryl/α,β-unsaturated/α-hetero) is 2. The molecule has 0 atom stereocenters. The molecule has 0 fully saturated rings. The molecule has 0 aromatic carbocycles. The second kappa shape index (κ2) is 5.89. The SMILES string of the molecule is O=C(CCCC(=O)c1cccs1)c1cccs1. The largest absolute Gasteiger partial charge is 0.293 e. The molecule has 2 aromatic heterocycles. The maximum Gasteiger partial charge on any atom is 0.172 e. The number of rotatable bonds is 6. The van der Waals surface area contributed by atoms with Gasteiger partial charge in [-0.1, -0.05) is 12.1 Å². The summed E-state index contributed by atoms with van der Waals surface area (Å²) in [4.78, 5) is 24.9. The van der Waals surface area contributed by atoms with Crippen molar-refractivity contribution in [3.8, 4) is 0 Å². The molecular formula is C13H12O2S2. The minimum atomic E-state index is 0.138. The lowest BCUT2D eigenvalue weighted by atomic mass is 10.1. The Bertz CT molecular complexity index is 437. The summed E-state index contributed by atoms with van der Waals surface area (Å²) in [5, 5.41) is 3.79. The first-order valence-corrected chi connectivity index (χ1v) is 7.16. The standard InChI is InChI=1S/C13H12O2S2/c14-10(12-6-2-8-16-12)4-1-5-11(15)13-7-3-9-17-13/h2-3,6-9H,1,4-5H2. The van der Waals surface area contributed by atoms with Crippen LogP contribution in [0, 0.1) is 0 Å². The number of carbonyl (C=O) groups is 2. The average Bonchev–Trinajstić information content (AvgIpc) is 3.02. The van der Waals surface area contributed by atoms with Crippen LogP contribution in [0.4, 0.5) is 0 Å². The molecule has 4 heteroatoms. The molecule has 0 aliphatic heterocycles. The maximum atomic E-state index is 11.7. The summed E-state index contributed by atoms with van der Waals surface area (Å²) < 4.78 is 0. The van der Waals surface area contributed by atoms with E-state index in [0.717, 1.165) is 9.75 Å². The fraction of sp³-hybridized carbons (Fsp3) is 0.231. The highest BCUT2D eigenvalue weighted by Gasteiger charge is 2.10. The van der Waals surface area contributed by atoms with Gasteiger partial charge in [-0.3, -0.25) is 9.59 Å². The van der Waals surface area contributed by atoms with E-state index in [2.05, 4.69) is 0 Å². The molecule has 0 radical (unpaired) electrons. The summed E-state index contributed by atoms with van der Waals surface area (Å²) in [6.07, 6.45) is 1.54. The van der Waals surface area contributed by atoms with E-state index in [4.69, 9.17) is 0 Å². The van der Waals surface area contributed by atoms with Gasteiger partial charge in [-0.2, -0.15) is 0 Å². The van der Waals surface area contributed by atoms with Crippen LogP contribution in [0.5, 0.6) is 0 Å². The molecule has 0 saturated carbocycles. The van der Waals surface area contributed by atoms with E-state index >= 15 is 0 Å². The van der Waals surface area contributed by atoms with Gasteiger partial charge in [-0.15, -0.1) is 22.7 Å². The van der Waals surface area contributed by atoms with Crippen LogP contribution in [0.2, 0.25) is 0 Å². The minimum absolute atomic E-state index is 0.138. The monoisotopic (exact) mass is 264 g/mol. The minimum Gasteiger partial charge on any atom is -0.293 e. The Kier molecular flexibility index (Phi) is 4.23. The Balaban J connectivity index is 1.77. The van der Waals surface area contributed by atoms with Gasteiger partial charge < -0.3 is 0 Å². The Morgan fingerprint density at radius 2 is 1.35 bits per heavy atom. The fourth-order valence-electron chi connectivity index (χ4n) is 1.53. The lowest BCUT2D eigenvalue weighted by Crippen LogP contribution is -2.00. The van der Waals surface area contributed by atoms with Crippen molar-refractivity contribution in [3.05, 3.63) is 44.8 Å². The zero-order chi connectivity index (χ0) is 12.1. The summed E-state index contributed by atoms with van der Waals surface area (Å²) >= 11 is 2.91. The van der Waals surface area contributed by atoms with Gasteiger partial charge in [0.2, 0.25) is 0 Å². The summed E-state index contributed by atoms with van der Waals surface area (Å²) in [7, 11) is 0. The van der Waals surface area contributed by atoms with Gasteiger partial charge in [0.25, 0.3) is 0 Å². The molecule has 2 aromatic rings. The zero-order valence-electron chi connectivity index (χ0n) is 9.22. The van der Waals surface area contributed by atoms with E-state index in [1.165, 1.54) is 22.7 Å². The number of hydrogen-bond acceptors (Lipinski definition) is 4. The zero-order valence-corrected chi connectivity index (χ0v) is 10.9. The second-order valence-electron chi connectivity index (χ2n) is 3.65. The first-order chi connectivity index (χ1) is 8.27. The number of thiophene rings is 2. The number of hydrogen-bond donors (Lipinski definition) is 0. The first kappa shape index (κ1) is 12.2. The second-order valence-corrected chi connectivity index (χ2v) is 5.55.